The number of carbonyl (C=O) groups is 2. The quantitative estimate of drug-likeness (QED) is 0.723. The number of hydrogen-bond acceptors (Lipinski definition) is 5. The Labute approximate surface area is 154 Å². The summed E-state index contributed by atoms with van der Waals surface area (Å²) < 4.78 is 32.1. The van der Waals surface area contributed by atoms with Crippen LogP contribution in [0, 0.1) is 6.92 Å². The number of nitrogens with one attached hydrogen (secondary N) is 1. The molecule has 1 aromatic rings. The molecule has 0 radical (unpaired) electrons. The second kappa shape index (κ2) is 9.14. The van der Waals surface area contributed by atoms with Crippen LogP contribution in [0.25, 0.3) is 0 Å². The summed E-state index contributed by atoms with van der Waals surface area (Å²) in [7, 11) is -3.79. The van der Waals surface area contributed by atoms with Crippen molar-refractivity contribution >= 4 is 21.9 Å². The maximum Gasteiger partial charge on any atom is 0.324 e. The van der Waals surface area contributed by atoms with Crippen LogP contribution >= 0.6 is 0 Å². The summed E-state index contributed by atoms with van der Waals surface area (Å²) in [5.41, 5.74) is 0.955. The first-order valence-electron chi connectivity index (χ1n) is 8.88. The van der Waals surface area contributed by atoms with Crippen LogP contribution in [-0.4, -0.2) is 50.3 Å². The van der Waals surface area contributed by atoms with Gasteiger partial charge >= 0.3 is 5.97 Å². The van der Waals surface area contributed by atoms with Crippen molar-refractivity contribution in [1.29, 1.82) is 0 Å². The van der Waals surface area contributed by atoms with Crippen LogP contribution < -0.4 is 5.32 Å². The van der Waals surface area contributed by atoms with Crippen LogP contribution in [-0.2, 0) is 24.3 Å². The molecule has 0 unspecified atom stereocenters. The van der Waals surface area contributed by atoms with E-state index in [4.69, 9.17) is 4.74 Å². The Kier molecular flexibility index (Phi) is 7.16. The van der Waals surface area contributed by atoms with E-state index in [0.717, 1.165) is 18.4 Å². The van der Waals surface area contributed by atoms with Gasteiger partial charge in [0.25, 0.3) is 5.91 Å². The van der Waals surface area contributed by atoms with Crippen LogP contribution in [0.3, 0.4) is 0 Å². The van der Waals surface area contributed by atoms with Gasteiger partial charge in [-0.15, -0.1) is 0 Å². The number of aryl methyl sites for hydroxylation is 1. The Hall–Kier alpha value is -1.93. The zero-order chi connectivity index (χ0) is 19.2. The van der Waals surface area contributed by atoms with Gasteiger partial charge in [0.15, 0.2) is 6.61 Å². The molecule has 0 spiro atoms. The molecule has 8 heteroatoms. The van der Waals surface area contributed by atoms with Crippen molar-refractivity contribution in [2.45, 2.75) is 50.5 Å². The molecule has 1 aromatic carbocycles. The van der Waals surface area contributed by atoms with Gasteiger partial charge in [-0.3, -0.25) is 9.59 Å². The predicted octanol–water partition coefficient (Wildman–Crippen LogP) is 1.61. The van der Waals surface area contributed by atoms with Gasteiger partial charge in [-0.05, 0) is 44.7 Å². The van der Waals surface area contributed by atoms with Gasteiger partial charge in [0.05, 0.1) is 4.90 Å². The Balaban J connectivity index is 2.10. The highest BCUT2D eigenvalue weighted by atomic mass is 32.2. The molecular weight excluding hydrogens is 356 g/mol. The van der Waals surface area contributed by atoms with Gasteiger partial charge in [-0.1, -0.05) is 24.6 Å². The van der Waals surface area contributed by atoms with Crippen molar-refractivity contribution < 1.29 is 22.7 Å². The molecule has 1 N–H and O–H groups in total. The lowest BCUT2D eigenvalue weighted by Gasteiger charge is -2.33. The van der Waals surface area contributed by atoms with Crippen LogP contribution in [0.5, 0.6) is 0 Å². The number of hydrogen-bond donors (Lipinski definition) is 1. The second-order valence-electron chi connectivity index (χ2n) is 6.40. The highest BCUT2D eigenvalue weighted by Gasteiger charge is 2.38. The van der Waals surface area contributed by atoms with Crippen molar-refractivity contribution in [3.63, 3.8) is 0 Å². The van der Waals surface area contributed by atoms with E-state index in [1.807, 2.05) is 13.8 Å². The van der Waals surface area contributed by atoms with Crippen molar-refractivity contribution in [2.75, 3.05) is 19.7 Å². The Bertz CT molecular complexity index is 730. The van der Waals surface area contributed by atoms with Crippen molar-refractivity contribution in [3.8, 4) is 0 Å². The maximum atomic E-state index is 12.9. The average Bonchev–Trinajstić information content (AvgIpc) is 2.64. The number of nitrogens with zero attached hydrogens (tertiary/aromatic N) is 1. The van der Waals surface area contributed by atoms with E-state index in [1.54, 1.807) is 24.3 Å². The zero-order valence-electron chi connectivity index (χ0n) is 15.2. The largest absolute Gasteiger partial charge is 0.454 e. The molecule has 0 aliphatic carbocycles. The van der Waals surface area contributed by atoms with Crippen molar-refractivity contribution in [2.24, 2.45) is 0 Å². The highest BCUT2D eigenvalue weighted by Crippen LogP contribution is 2.26. The molecule has 0 bridgehead atoms. The second-order valence-corrected chi connectivity index (χ2v) is 8.29. The summed E-state index contributed by atoms with van der Waals surface area (Å²) in [5, 5.41) is 2.62. The number of rotatable bonds is 7. The van der Waals surface area contributed by atoms with E-state index in [-0.39, 0.29) is 17.3 Å². The van der Waals surface area contributed by atoms with E-state index >= 15 is 0 Å². The van der Waals surface area contributed by atoms with Crippen molar-refractivity contribution in [3.05, 3.63) is 29.8 Å². The Morgan fingerprint density at radius 3 is 2.58 bits per heavy atom. The average molecular weight is 382 g/mol. The first-order chi connectivity index (χ1) is 12.4. The van der Waals surface area contributed by atoms with E-state index < -0.39 is 28.6 Å². The third-order valence-corrected chi connectivity index (χ3v) is 6.19. The number of piperidine rings is 1. The lowest BCUT2D eigenvalue weighted by molar-refractivity contribution is -0.153. The number of benzene rings is 1. The van der Waals surface area contributed by atoms with Gasteiger partial charge in [0.1, 0.15) is 6.04 Å². The molecule has 1 aliphatic heterocycles. The summed E-state index contributed by atoms with van der Waals surface area (Å²) >= 11 is 0. The first-order valence-corrected chi connectivity index (χ1v) is 10.3. The number of carbonyl (C=O) groups excluding carboxylic acids is 2. The molecule has 1 heterocycles. The number of amides is 1. The summed E-state index contributed by atoms with van der Waals surface area (Å²) in [6, 6.07) is 5.64. The molecule has 1 fully saturated rings. The standard InChI is InChI=1S/C18H26N2O5S/c1-3-11-19-17(21)13-25-18(22)16-6-4-5-12-20(16)26(23,24)15-9-7-14(2)8-10-15/h7-10,16H,3-6,11-13H2,1-2H3,(H,19,21)/t16-/m1/s1. The molecule has 0 saturated carbocycles. The van der Waals surface area contributed by atoms with E-state index in [2.05, 4.69) is 5.32 Å². The minimum atomic E-state index is -3.79. The Morgan fingerprint density at radius 2 is 1.92 bits per heavy atom. The van der Waals surface area contributed by atoms with E-state index in [0.29, 0.717) is 19.4 Å². The minimum absolute atomic E-state index is 0.156. The SMILES string of the molecule is CCCNC(=O)COC(=O)[C@H]1CCCCN1S(=O)(=O)c1ccc(C)cc1. The molecule has 1 saturated heterocycles. The molecule has 144 valence electrons. The molecule has 26 heavy (non-hydrogen) atoms. The molecule has 2 rings (SSSR count). The van der Waals surface area contributed by atoms with Gasteiger partial charge in [-0.2, -0.15) is 4.31 Å². The minimum Gasteiger partial charge on any atom is -0.454 e. The third kappa shape index (κ3) is 5.04. The van der Waals surface area contributed by atoms with Crippen LogP contribution in [0.2, 0.25) is 0 Å². The van der Waals surface area contributed by atoms with Gasteiger partial charge in [-0.25, -0.2) is 8.42 Å². The maximum absolute atomic E-state index is 12.9. The molecule has 7 nitrogen and oxygen atoms in total. The van der Waals surface area contributed by atoms with Crippen LogP contribution in [0.15, 0.2) is 29.2 Å². The molecule has 1 amide bonds. The van der Waals surface area contributed by atoms with Gasteiger partial charge < -0.3 is 10.1 Å². The fraction of sp³-hybridized carbons (Fsp3) is 0.556. The zero-order valence-corrected chi connectivity index (χ0v) is 16.0. The van der Waals surface area contributed by atoms with Crippen LogP contribution in [0.1, 0.15) is 38.2 Å². The van der Waals surface area contributed by atoms with Gasteiger partial charge in [0, 0.05) is 13.1 Å². The summed E-state index contributed by atoms with van der Waals surface area (Å²) in [4.78, 5) is 24.2. The van der Waals surface area contributed by atoms with Crippen LogP contribution in [0.4, 0.5) is 0 Å². The smallest absolute Gasteiger partial charge is 0.324 e. The van der Waals surface area contributed by atoms with E-state index in [9.17, 15) is 18.0 Å². The fourth-order valence-corrected chi connectivity index (χ4v) is 4.47. The van der Waals surface area contributed by atoms with Gasteiger partial charge in [0.2, 0.25) is 10.0 Å². The monoisotopic (exact) mass is 382 g/mol. The van der Waals surface area contributed by atoms with E-state index in [1.165, 1.54) is 4.31 Å². The number of esters is 1. The normalized spacial score (nSPS) is 18.3. The third-order valence-electron chi connectivity index (χ3n) is 4.27. The number of ether oxygens (including phenoxy) is 1. The lowest BCUT2D eigenvalue weighted by Crippen LogP contribution is -2.49. The lowest BCUT2D eigenvalue weighted by atomic mass is 10.1. The first kappa shape index (κ1) is 20.4. The summed E-state index contributed by atoms with van der Waals surface area (Å²) in [6.07, 6.45) is 2.60. The topological polar surface area (TPSA) is 92.8 Å². The highest BCUT2D eigenvalue weighted by molar-refractivity contribution is 7.89. The van der Waals surface area contributed by atoms with Crippen molar-refractivity contribution in [1.82, 2.24) is 9.62 Å². The molecule has 1 aliphatic rings. The molecular formula is C18H26N2O5S. The molecule has 0 aromatic heterocycles. The Morgan fingerprint density at radius 1 is 1.23 bits per heavy atom. The number of sulfonamides is 1. The fourth-order valence-electron chi connectivity index (χ4n) is 2.82. The predicted molar refractivity (Wildman–Crippen MR) is 97.0 cm³/mol. The summed E-state index contributed by atoms with van der Waals surface area (Å²) in [5.74, 6) is -1.06. The molecule has 1 atom stereocenters. The summed E-state index contributed by atoms with van der Waals surface area (Å²) in [6.45, 7) is 4.17.